The Bertz CT molecular complexity index is 410. The highest BCUT2D eigenvalue weighted by Gasteiger charge is 2.36. The molecule has 0 atom stereocenters. The first-order valence-electron chi connectivity index (χ1n) is 4.64. The van der Waals surface area contributed by atoms with Gasteiger partial charge in [0.05, 0.1) is 16.3 Å². The van der Waals surface area contributed by atoms with E-state index in [1.807, 2.05) is 0 Å². The van der Waals surface area contributed by atoms with Crippen molar-refractivity contribution in [2.75, 3.05) is 0 Å². The summed E-state index contributed by atoms with van der Waals surface area (Å²) in [6.07, 6.45) is -4.45. The first-order chi connectivity index (χ1) is 7.27. The minimum Gasteiger partial charge on any atom is -0.265 e. The molecular formula is C11H11ClF3N. The van der Waals surface area contributed by atoms with Crippen LogP contribution >= 0.6 is 11.6 Å². The summed E-state index contributed by atoms with van der Waals surface area (Å²) >= 11 is 5.63. The third kappa shape index (κ3) is 2.55. The Morgan fingerprint density at radius 2 is 1.88 bits per heavy atom. The van der Waals surface area contributed by atoms with E-state index >= 15 is 0 Å². The summed E-state index contributed by atoms with van der Waals surface area (Å²) < 4.78 is 38.3. The normalized spacial score (nSPS) is 11.9. The standard InChI is InChI=1S/C11H11ClF3N/c1-6(2)8-4-7(16-3)5-9(12)10(8)11(13,14)15/h4-6H,3H2,1-2H3. The Morgan fingerprint density at radius 3 is 2.25 bits per heavy atom. The van der Waals surface area contributed by atoms with Crippen molar-refractivity contribution in [3.8, 4) is 0 Å². The zero-order valence-electron chi connectivity index (χ0n) is 8.90. The second kappa shape index (κ2) is 4.45. The Balaban J connectivity index is 3.52. The zero-order chi connectivity index (χ0) is 12.5. The molecule has 0 unspecified atom stereocenters. The van der Waals surface area contributed by atoms with Crippen molar-refractivity contribution in [3.05, 3.63) is 28.3 Å². The van der Waals surface area contributed by atoms with E-state index in [4.69, 9.17) is 11.6 Å². The number of alkyl halides is 3. The molecule has 1 nitrogen and oxygen atoms in total. The minimum absolute atomic E-state index is 0.141. The highest BCUT2D eigenvalue weighted by atomic mass is 35.5. The van der Waals surface area contributed by atoms with E-state index in [1.54, 1.807) is 13.8 Å². The minimum atomic E-state index is -4.45. The molecule has 0 saturated heterocycles. The van der Waals surface area contributed by atoms with Crippen LogP contribution in [0.4, 0.5) is 18.9 Å². The number of halogens is 4. The smallest absolute Gasteiger partial charge is 0.265 e. The van der Waals surface area contributed by atoms with Gasteiger partial charge in [0.25, 0.3) is 0 Å². The van der Waals surface area contributed by atoms with Crippen LogP contribution in [0.2, 0.25) is 5.02 Å². The van der Waals surface area contributed by atoms with E-state index in [9.17, 15) is 13.2 Å². The molecule has 0 amide bonds. The Hall–Kier alpha value is -1.03. The molecule has 1 rings (SSSR count). The molecule has 16 heavy (non-hydrogen) atoms. The maximum absolute atomic E-state index is 12.8. The SMILES string of the molecule is C=Nc1cc(Cl)c(C(F)(F)F)c(C(C)C)c1. The van der Waals surface area contributed by atoms with Crippen molar-refractivity contribution < 1.29 is 13.2 Å². The van der Waals surface area contributed by atoms with E-state index in [-0.39, 0.29) is 16.5 Å². The fraction of sp³-hybridized carbons (Fsp3) is 0.364. The third-order valence-corrected chi connectivity index (χ3v) is 2.49. The predicted octanol–water partition coefficient (Wildman–Crippen LogP) is 4.81. The molecule has 0 aliphatic carbocycles. The number of hydrogen-bond donors (Lipinski definition) is 0. The van der Waals surface area contributed by atoms with Gasteiger partial charge in [-0.2, -0.15) is 13.2 Å². The molecule has 5 heteroatoms. The highest BCUT2D eigenvalue weighted by molar-refractivity contribution is 6.31. The monoisotopic (exact) mass is 249 g/mol. The van der Waals surface area contributed by atoms with Crippen LogP contribution in [0.1, 0.15) is 30.9 Å². The summed E-state index contributed by atoms with van der Waals surface area (Å²) in [5, 5.41) is -0.332. The molecular weight excluding hydrogens is 239 g/mol. The lowest BCUT2D eigenvalue weighted by molar-refractivity contribution is -0.138. The van der Waals surface area contributed by atoms with Crippen molar-refractivity contribution in [1.82, 2.24) is 0 Å². The van der Waals surface area contributed by atoms with Crippen LogP contribution in [-0.4, -0.2) is 6.72 Å². The number of hydrogen-bond acceptors (Lipinski definition) is 1. The number of rotatable bonds is 2. The van der Waals surface area contributed by atoms with Crippen molar-refractivity contribution in [3.63, 3.8) is 0 Å². The van der Waals surface area contributed by atoms with Crippen LogP contribution in [0.15, 0.2) is 17.1 Å². The first-order valence-corrected chi connectivity index (χ1v) is 5.02. The van der Waals surface area contributed by atoms with Crippen molar-refractivity contribution in [2.24, 2.45) is 4.99 Å². The van der Waals surface area contributed by atoms with Gasteiger partial charge in [-0.1, -0.05) is 25.4 Å². The molecule has 0 spiro atoms. The second-order valence-electron chi connectivity index (χ2n) is 3.70. The summed E-state index contributed by atoms with van der Waals surface area (Å²) in [5.74, 6) is -0.282. The van der Waals surface area contributed by atoms with Crippen LogP contribution < -0.4 is 0 Å². The van der Waals surface area contributed by atoms with Crippen molar-refractivity contribution >= 4 is 24.0 Å². The number of benzene rings is 1. The zero-order valence-corrected chi connectivity index (χ0v) is 9.65. The molecule has 0 aromatic heterocycles. The Labute approximate surface area is 97.0 Å². The molecule has 0 bridgehead atoms. The molecule has 0 heterocycles. The van der Waals surface area contributed by atoms with Crippen LogP contribution in [-0.2, 0) is 6.18 Å². The molecule has 88 valence electrons. The van der Waals surface area contributed by atoms with Gasteiger partial charge in [-0.05, 0) is 30.3 Å². The number of aliphatic imine (C=N–C) groups is 1. The first kappa shape index (κ1) is 13.0. The average Bonchev–Trinajstić information content (AvgIpc) is 2.14. The summed E-state index contributed by atoms with van der Waals surface area (Å²) in [5.41, 5.74) is -0.291. The fourth-order valence-corrected chi connectivity index (χ4v) is 1.79. The predicted molar refractivity (Wildman–Crippen MR) is 59.8 cm³/mol. The molecule has 0 fully saturated rings. The topological polar surface area (TPSA) is 12.4 Å². The molecule has 1 aromatic carbocycles. The van der Waals surface area contributed by atoms with Gasteiger partial charge in [-0.25, -0.2) is 0 Å². The van der Waals surface area contributed by atoms with Gasteiger partial charge in [0.1, 0.15) is 0 Å². The van der Waals surface area contributed by atoms with Gasteiger partial charge >= 0.3 is 6.18 Å². The molecule has 0 aliphatic rings. The van der Waals surface area contributed by atoms with E-state index < -0.39 is 11.7 Å². The van der Waals surface area contributed by atoms with E-state index in [1.165, 1.54) is 12.1 Å². The largest absolute Gasteiger partial charge is 0.418 e. The lowest BCUT2D eigenvalue weighted by atomic mass is 9.96. The van der Waals surface area contributed by atoms with Crippen molar-refractivity contribution in [1.29, 1.82) is 0 Å². The van der Waals surface area contributed by atoms with Crippen LogP contribution in [0.3, 0.4) is 0 Å². The van der Waals surface area contributed by atoms with E-state index in [0.717, 1.165) is 0 Å². The van der Waals surface area contributed by atoms with Gasteiger partial charge < -0.3 is 0 Å². The van der Waals surface area contributed by atoms with E-state index in [2.05, 4.69) is 11.7 Å². The van der Waals surface area contributed by atoms with Crippen molar-refractivity contribution in [2.45, 2.75) is 25.9 Å². The lowest BCUT2D eigenvalue weighted by Gasteiger charge is -2.17. The molecule has 0 N–H and O–H groups in total. The summed E-state index contributed by atoms with van der Waals surface area (Å²) in [6.45, 7) is 6.62. The number of nitrogens with zero attached hydrogens (tertiary/aromatic N) is 1. The van der Waals surface area contributed by atoms with Crippen LogP contribution in [0, 0.1) is 0 Å². The molecule has 0 radical (unpaired) electrons. The van der Waals surface area contributed by atoms with Crippen LogP contribution in [0.5, 0.6) is 0 Å². The van der Waals surface area contributed by atoms with E-state index in [0.29, 0.717) is 5.69 Å². The van der Waals surface area contributed by atoms with Gasteiger partial charge in [-0.15, -0.1) is 0 Å². The molecule has 0 aliphatic heterocycles. The maximum atomic E-state index is 12.8. The van der Waals surface area contributed by atoms with Gasteiger partial charge in [0, 0.05) is 0 Å². The fourth-order valence-electron chi connectivity index (χ4n) is 1.46. The third-order valence-electron chi connectivity index (χ3n) is 2.19. The van der Waals surface area contributed by atoms with Crippen LogP contribution in [0.25, 0.3) is 0 Å². The lowest BCUT2D eigenvalue weighted by Crippen LogP contribution is -2.11. The Morgan fingerprint density at radius 1 is 1.31 bits per heavy atom. The average molecular weight is 250 g/mol. The summed E-state index contributed by atoms with van der Waals surface area (Å²) in [6, 6.07) is 2.54. The molecule has 0 saturated carbocycles. The second-order valence-corrected chi connectivity index (χ2v) is 4.11. The highest BCUT2D eigenvalue weighted by Crippen LogP contribution is 2.41. The quantitative estimate of drug-likeness (QED) is 0.667. The van der Waals surface area contributed by atoms with Gasteiger partial charge in [-0.3, -0.25) is 4.99 Å². The summed E-state index contributed by atoms with van der Waals surface area (Å²) in [7, 11) is 0. The Kier molecular flexibility index (Phi) is 3.63. The summed E-state index contributed by atoms with van der Waals surface area (Å²) in [4.78, 5) is 3.60. The maximum Gasteiger partial charge on any atom is 0.418 e. The van der Waals surface area contributed by atoms with Gasteiger partial charge in [0.2, 0.25) is 0 Å². The van der Waals surface area contributed by atoms with Gasteiger partial charge in [0.15, 0.2) is 0 Å². The molecule has 1 aromatic rings.